The molecule has 0 bridgehead atoms. The van der Waals surface area contributed by atoms with Gasteiger partial charge in [0, 0.05) is 17.6 Å². The van der Waals surface area contributed by atoms with Gasteiger partial charge in [-0.15, -0.1) is 0 Å². The molecule has 1 aromatic rings. The van der Waals surface area contributed by atoms with Crippen LogP contribution in [0.5, 0.6) is 0 Å². The topological polar surface area (TPSA) is 81.4 Å². The zero-order valence-electron chi connectivity index (χ0n) is 12.3. The van der Waals surface area contributed by atoms with Gasteiger partial charge in [-0.25, -0.2) is 0 Å². The maximum atomic E-state index is 12.2. The number of nitrogens with one attached hydrogen (secondary N) is 1. The molecule has 0 aromatic heterocycles. The molecule has 5 heteroatoms. The fourth-order valence-electron chi connectivity index (χ4n) is 2.62. The molecule has 1 aliphatic rings. The second kappa shape index (κ2) is 7.22. The summed E-state index contributed by atoms with van der Waals surface area (Å²) >= 11 is 0. The van der Waals surface area contributed by atoms with Crippen LogP contribution in [0.4, 0.5) is 5.69 Å². The minimum atomic E-state index is -0.292. The van der Waals surface area contributed by atoms with Crippen molar-refractivity contribution in [3.05, 3.63) is 29.8 Å². The van der Waals surface area contributed by atoms with E-state index in [1.165, 1.54) is 7.11 Å². The molecule has 0 saturated heterocycles. The van der Waals surface area contributed by atoms with E-state index in [-0.39, 0.29) is 30.3 Å². The molecule has 2 rings (SSSR count). The Kier molecular flexibility index (Phi) is 5.33. The molecule has 1 fully saturated rings. The second-order valence-corrected chi connectivity index (χ2v) is 5.55. The van der Waals surface area contributed by atoms with E-state index in [2.05, 4.69) is 10.1 Å². The van der Waals surface area contributed by atoms with Crippen molar-refractivity contribution < 1.29 is 14.3 Å². The van der Waals surface area contributed by atoms with Crippen LogP contribution in [0.3, 0.4) is 0 Å². The highest BCUT2D eigenvalue weighted by Gasteiger charge is 2.24. The molecule has 114 valence electrons. The van der Waals surface area contributed by atoms with Crippen LogP contribution in [0.25, 0.3) is 0 Å². The van der Waals surface area contributed by atoms with E-state index in [0.29, 0.717) is 0 Å². The van der Waals surface area contributed by atoms with Gasteiger partial charge in [-0.2, -0.15) is 0 Å². The lowest BCUT2D eigenvalue weighted by Crippen LogP contribution is -2.32. The first-order chi connectivity index (χ1) is 10.1. The summed E-state index contributed by atoms with van der Waals surface area (Å²) in [4.78, 5) is 23.5. The maximum Gasteiger partial charge on any atom is 0.309 e. The number of esters is 1. The van der Waals surface area contributed by atoms with Crippen LogP contribution in [-0.4, -0.2) is 25.0 Å². The number of carbonyl (C=O) groups is 2. The van der Waals surface area contributed by atoms with Crippen LogP contribution in [0, 0.1) is 5.92 Å². The lowest BCUT2D eigenvalue weighted by molar-refractivity contribution is -0.139. The van der Waals surface area contributed by atoms with Gasteiger partial charge in [0.1, 0.15) is 0 Å². The van der Waals surface area contributed by atoms with Crippen molar-refractivity contribution >= 4 is 17.6 Å². The number of amides is 1. The number of rotatable bonds is 4. The van der Waals surface area contributed by atoms with Crippen molar-refractivity contribution in [3.8, 4) is 0 Å². The highest BCUT2D eigenvalue weighted by Crippen LogP contribution is 2.24. The molecule has 0 atom stereocenters. The number of benzene rings is 1. The highest BCUT2D eigenvalue weighted by molar-refractivity contribution is 5.92. The normalized spacial score (nSPS) is 21.6. The molecule has 0 unspecified atom stereocenters. The molecule has 1 aliphatic carbocycles. The Hall–Kier alpha value is -1.88. The van der Waals surface area contributed by atoms with Gasteiger partial charge in [-0.1, -0.05) is 12.1 Å². The van der Waals surface area contributed by atoms with Gasteiger partial charge in [0.15, 0.2) is 0 Å². The zero-order valence-corrected chi connectivity index (χ0v) is 12.3. The summed E-state index contributed by atoms with van der Waals surface area (Å²) < 4.78 is 4.64. The molecular weight excluding hydrogens is 268 g/mol. The van der Waals surface area contributed by atoms with Gasteiger partial charge in [-0.05, 0) is 43.4 Å². The number of hydrogen-bond donors (Lipinski definition) is 2. The molecule has 1 amide bonds. The maximum absolute atomic E-state index is 12.2. The summed E-state index contributed by atoms with van der Waals surface area (Å²) in [6.45, 7) is 0. The zero-order chi connectivity index (χ0) is 15.2. The molecule has 5 nitrogen and oxygen atoms in total. The standard InChI is InChI=1S/C16H22N2O3/c1-21-15(19)10-11-3-2-4-14(9-11)18-16(20)12-5-7-13(17)8-6-12/h2-4,9,12-13H,5-8,10,17H2,1H3,(H,18,20). The molecule has 0 spiro atoms. The van der Waals surface area contributed by atoms with Gasteiger partial charge in [0.25, 0.3) is 0 Å². The smallest absolute Gasteiger partial charge is 0.309 e. The lowest BCUT2D eigenvalue weighted by atomic mass is 9.86. The van der Waals surface area contributed by atoms with Crippen LogP contribution in [-0.2, 0) is 20.7 Å². The first-order valence-electron chi connectivity index (χ1n) is 7.30. The SMILES string of the molecule is COC(=O)Cc1cccc(NC(=O)C2CCC(N)CC2)c1. The number of nitrogens with two attached hydrogens (primary N) is 1. The molecule has 1 aromatic carbocycles. The Bertz CT molecular complexity index is 508. The van der Waals surface area contributed by atoms with E-state index < -0.39 is 0 Å². The van der Waals surface area contributed by atoms with E-state index in [1.54, 1.807) is 0 Å². The second-order valence-electron chi connectivity index (χ2n) is 5.55. The van der Waals surface area contributed by atoms with Crippen LogP contribution < -0.4 is 11.1 Å². The molecule has 0 radical (unpaired) electrons. The van der Waals surface area contributed by atoms with Gasteiger partial charge < -0.3 is 15.8 Å². The Morgan fingerprint density at radius 3 is 2.67 bits per heavy atom. The van der Waals surface area contributed by atoms with Gasteiger partial charge in [0.05, 0.1) is 13.5 Å². The Labute approximate surface area is 124 Å². The molecule has 21 heavy (non-hydrogen) atoms. The van der Waals surface area contributed by atoms with Gasteiger partial charge in [0.2, 0.25) is 5.91 Å². The van der Waals surface area contributed by atoms with Crippen molar-refractivity contribution in [2.24, 2.45) is 11.7 Å². The minimum Gasteiger partial charge on any atom is -0.469 e. The number of methoxy groups -OCH3 is 1. The van der Waals surface area contributed by atoms with Crippen LogP contribution in [0.2, 0.25) is 0 Å². The average Bonchev–Trinajstić information content (AvgIpc) is 2.48. The summed E-state index contributed by atoms with van der Waals surface area (Å²) in [5.74, 6) is -0.217. The first kappa shape index (κ1) is 15.5. The van der Waals surface area contributed by atoms with Crippen molar-refractivity contribution in [2.45, 2.75) is 38.1 Å². The fourth-order valence-corrected chi connectivity index (χ4v) is 2.62. The largest absolute Gasteiger partial charge is 0.469 e. The fraction of sp³-hybridized carbons (Fsp3) is 0.500. The average molecular weight is 290 g/mol. The van der Waals surface area contributed by atoms with Crippen molar-refractivity contribution in [2.75, 3.05) is 12.4 Å². The number of ether oxygens (including phenoxy) is 1. The van der Waals surface area contributed by atoms with Crippen LogP contribution >= 0.6 is 0 Å². The van der Waals surface area contributed by atoms with Crippen molar-refractivity contribution in [1.29, 1.82) is 0 Å². The summed E-state index contributed by atoms with van der Waals surface area (Å²) in [6.07, 6.45) is 3.70. The molecule has 0 aliphatic heterocycles. The van der Waals surface area contributed by atoms with E-state index in [0.717, 1.165) is 36.9 Å². The quantitative estimate of drug-likeness (QED) is 0.829. The van der Waals surface area contributed by atoms with Gasteiger partial charge >= 0.3 is 5.97 Å². The number of anilines is 1. The third-order valence-corrected chi connectivity index (χ3v) is 3.91. The summed E-state index contributed by atoms with van der Waals surface area (Å²) in [5, 5.41) is 2.93. The third-order valence-electron chi connectivity index (χ3n) is 3.91. The summed E-state index contributed by atoms with van der Waals surface area (Å²) in [6, 6.07) is 7.53. The third kappa shape index (κ3) is 4.56. The predicted molar refractivity (Wildman–Crippen MR) is 80.7 cm³/mol. The highest BCUT2D eigenvalue weighted by atomic mass is 16.5. The Morgan fingerprint density at radius 2 is 2.00 bits per heavy atom. The van der Waals surface area contributed by atoms with E-state index in [9.17, 15) is 9.59 Å². The molecule has 3 N–H and O–H groups in total. The monoisotopic (exact) mass is 290 g/mol. The van der Waals surface area contributed by atoms with Crippen molar-refractivity contribution in [3.63, 3.8) is 0 Å². The Morgan fingerprint density at radius 1 is 1.29 bits per heavy atom. The summed E-state index contributed by atoms with van der Waals surface area (Å²) in [7, 11) is 1.36. The summed E-state index contributed by atoms with van der Waals surface area (Å²) in [5.41, 5.74) is 7.40. The van der Waals surface area contributed by atoms with Crippen molar-refractivity contribution in [1.82, 2.24) is 0 Å². The van der Waals surface area contributed by atoms with Gasteiger partial charge in [-0.3, -0.25) is 9.59 Å². The van der Waals surface area contributed by atoms with Crippen LogP contribution in [0.15, 0.2) is 24.3 Å². The molecule has 1 saturated carbocycles. The minimum absolute atomic E-state index is 0.0362. The lowest BCUT2D eigenvalue weighted by Gasteiger charge is -2.25. The molecular formula is C16H22N2O3. The first-order valence-corrected chi connectivity index (χ1v) is 7.30. The Balaban J connectivity index is 1.94. The van der Waals surface area contributed by atoms with E-state index >= 15 is 0 Å². The van der Waals surface area contributed by atoms with E-state index in [1.807, 2.05) is 24.3 Å². The number of hydrogen-bond acceptors (Lipinski definition) is 4. The van der Waals surface area contributed by atoms with E-state index in [4.69, 9.17) is 5.73 Å². The molecule has 0 heterocycles. The predicted octanol–water partition coefficient (Wildman–Crippen LogP) is 1.86. The van der Waals surface area contributed by atoms with Crippen LogP contribution in [0.1, 0.15) is 31.2 Å². The number of carbonyl (C=O) groups excluding carboxylic acids is 2.